The number of nitrogens with one attached hydrogen (secondary N) is 1. The Morgan fingerprint density at radius 2 is 1.78 bits per heavy atom. The highest BCUT2D eigenvalue weighted by atomic mass is 16.5. The molecule has 0 amide bonds. The minimum absolute atomic E-state index is 0.697. The summed E-state index contributed by atoms with van der Waals surface area (Å²) < 4.78 is 5.39. The second-order valence-electron chi connectivity index (χ2n) is 4.28. The third kappa shape index (κ3) is 7.47. The fraction of sp³-hybridized carbons (Fsp3) is 0.188. The number of carboxylic acids is 2. The van der Waals surface area contributed by atoms with Crippen molar-refractivity contribution in [3.8, 4) is 5.75 Å². The Morgan fingerprint density at radius 3 is 2.26 bits per heavy atom. The molecule has 0 spiro atoms. The van der Waals surface area contributed by atoms with Crippen LogP contribution in [0.1, 0.15) is 12.5 Å². The lowest BCUT2D eigenvalue weighted by Gasteiger charge is -2.07. The van der Waals surface area contributed by atoms with Gasteiger partial charge >= 0.3 is 11.9 Å². The van der Waals surface area contributed by atoms with Gasteiger partial charge in [0.1, 0.15) is 5.75 Å². The van der Waals surface area contributed by atoms with Crippen LogP contribution in [0.4, 0.5) is 5.69 Å². The largest absolute Gasteiger partial charge is 0.494 e. The topological polar surface area (TPSA) is 109 Å². The monoisotopic (exact) mass is 318 g/mol. The molecule has 23 heavy (non-hydrogen) atoms. The van der Waals surface area contributed by atoms with Crippen molar-refractivity contribution in [3.63, 3.8) is 0 Å². The number of rotatable bonds is 5. The van der Waals surface area contributed by atoms with E-state index < -0.39 is 11.9 Å². The van der Waals surface area contributed by atoms with Gasteiger partial charge in [0.15, 0.2) is 0 Å². The summed E-state index contributed by atoms with van der Waals surface area (Å²) in [5, 5.41) is 18.1. The number of aromatic nitrogens is 1. The van der Waals surface area contributed by atoms with Crippen LogP contribution in [0.2, 0.25) is 0 Å². The molecule has 3 N–H and O–H groups in total. The molecule has 0 atom stereocenters. The van der Waals surface area contributed by atoms with Crippen LogP contribution in [0.25, 0.3) is 0 Å². The predicted molar refractivity (Wildman–Crippen MR) is 84.4 cm³/mol. The molecule has 0 bridgehead atoms. The molecule has 2 rings (SSSR count). The fourth-order valence-electron chi connectivity index (χ4n) is 1.54. The van der Waals surface area contributed by atoms with E-state index in [0.29, 0.717) is 6.61 Å². The van der Waals surface area contributed by atoms with E-state index in [0.717, 1.165) is 18.0 Å². The molecule has 0 aliphatic carbocycles. The van der Waals surface area contributed by atoms with Crippen LogP contribution in [0.5, 0.6) is 5.75 Å². The van der Waals surface area contributed by atoms with Gasteiger partial charge in [-0.2, -0.15) is 0 Å². The molecule has 122 valence electrons. The Hall–Kier alpha value is -3.09. The molecular weight excluding hydrogens is 300 g/mol. The van der Waals surface area contributed by atoms with E-state index in [1.807, 2.05) is 43.5 Å². The first-order valence-corrected chi connectivity index (χ1v) is 6.84. The molecule has 0 aliphatic rings. The zero-order chi connectivity index (χ0) is 17.1. The number of benzene rings is 1. The Labute approximate surface area is 133 Å². The lowest BCUT2D eigenvalue weighted by Crippen LogP contribution is -2.09. The van der Waals surface area contributed by atoms with Gasteiger partial charge < -0.3 is 20.3 Å². The summed E-state index contributed by atoms with van der Waals surface area (Å²) in [5.74, 6) is -2.75. The number of hydrogen-bond donors (Lipinski definition) is 3. The van der Waals surface area contributed by atoms with Gasteiger partial charge in [-0.05, 0) is 42.8 Å². The van der Waals surface area contributed by atoms with Crippen molar-refractivity contribution in [2.75, 3.05) is 11.9 Å². The SMILES string of the molecule is CCOc1ccc(NCc2cccnc2)cc1.O=C(O)C(=O)O. The first-order chi connectivity index (χ1) is 11.0. The van der Waals surface area contributed by atoms with Gasteiger partial charge in [0.25, 0.3) is 0 Å². The Morgan fingerprint density at radius 1 is 1.13 bits per heavy atom. The van der Waals surface area contributed by atoms with E-state index in [1.165, 1.54) is 5.56 Å². The average Bonchev–Trinajstić information content (AvgIpc) is 2.56. The highest BCUT2D eigenvalue weighted by molar-refractivity contribution is 6.27. The standard InChI is InChI=1S/C14H16N2O.C2H2O4/c1-2-17-14-7-5-13(6-8-14)16-11-12-4-3-9-15-10-12;3-1(4)2(5)6/h3-10,16H,2,11H2,1H3;(H,3,4)(H,5,6). The van der Waals surface area contributed by atoms with Gasteiger partial charge in [-0.15, -0.1) is 0 Å². The zero-order valence-electron chi connectivity index (χ0n) is 12.6. The maximum absolute atomic E-state index is 9.10. The molecule has 1 aromatic heterocycles. The number of nitrogens with zero attached hydrogens (tertiary/aromatic N) is 1. The summed E-state index contributed by atoms with van der Waals surface area (Å²) in [6.07, 6.45) is 3.64. The summed E-state index contributed by atoms with van der Waals surface area (Å²) in [5.41, 5.74) is 2.25. The Balaban J connectivity index is 0.000000379. The summed E-state index contributed by atoms with van der Waals surface area (Å²) in [7, 11) is 0. The van der Waals surface area contributed by atoms with E-state index in [2.05, 4.69) is 16.4 Å². The summed E-state index contributed by atoms with van der Waals surface area (Å²) in [6, 6.07) is 12.0. The molecular formula is C16H18N2O5. The van der Waals surface area contributed by atoms with E-state index in [1.54, 1.807) is 6.20 Å². The van der Waals surface area contributed by atoms with E-state index in [-0.39, 0.29) is 0 Å². The van der Waals surface area contributed by atoms with Crippen LogP contribution >= 0.6 is 0 Å². The van der Waals surface area contributed by atoms with Crippen LogP contribution in [-0.2, 0) is 16.1 Å². The second-order valence-corrected chi connectivity index (χ2v) is 4.28. The van der Waals surface area contributed by atoms with Crippen molar-refractivity contribution < 1.29 is 24.5 Å². The third-order valence-corrected chi connectivity index (χ3v) is 2.57. The predicted octanol–water partition coefficient (Wildman–Crippen LogP) is 2.25. The normalized spacial score (nSPS) is 9.26. The van der Waals surface area contributed by atoms with Gasteiger partial charge in [0.05, 0.1) is 6.61 Å². The van der Waals surface area contributed by atoms with Crippen LogP contribution in [-0.4, -0.2) is 33.7 Å². The molecule has 1 heterocycles. The number of aliphatic carboxylic acids is 2. The molecule has 0 saturated heterocycles. The van der Waals surface area contributed by atoms with Gasteiger partial charge in [-0.1, -0.05) is 6.07 Å². The number of pyridine rings is 1. The minimum Gasteiger partial charge on any atom is -0.494 e. The lowest BCUT2D eigenvalue weighted by atomic mass is 10.2. The molecule has 7 nitrogen and oxygen atoms in total. The van der Waals surface area contributed by atoms with Crippen LogP contribution < -0.4 is 10.1 Å². The molecule has 7 heteroatoms. The number of ether oxygens (including phenoxy) is 1. The van der Waals surface area contributed by atoms with Crippen LogP contribution in [0.3, 0.4) is 0 Å². The Bertz CT molecular complexity index is 602. The fourth-order valence-corrected chi connectivity index (χ4v) is 1.54. The van der Waals surface area contributed by atoms with E-state index >= 15 is 0 Å². The van der Waals surface area contributed by atoms with Gasteiger partial charge in [0, 0.05) is 24.6 Å². The molecule has 2 aromatic rings. The number of carboxylic acid groups (broad SMARTS) is 2. The lowest BCUT2D eigenvalue weighted by molar-refractivity contribution is -0.159. The van der Waals surface area contributed by atoms with E-state index in [4.69, 9.17) is 24.5 Å². The first kappa shape index (κ1) is 18.0. The maximum Gasteiger partial charge on any atom is 0.414 e. The molecule has 0 radical (unpaired) electrons. The number of carbonyl (C=O) groups is 2. The summed E-state index contributed by atoms with van der Waals surface area (Å²) in [6.45, 7) is 3.46. The maximum atomic E-state index is 9.10. The Kier molecular flexibility index (Phi) is 7.63. The van der Waals surface area contributed by atoms with Crippen molar-refractivity contribution in [2.45, 2.75) is 13.5 Å². The van der Waals surface area contributed by atoms with Gasteiger partial charge in [-0.3, -0.25) is 4.98 Å². The van der Waals surface area contributed by atoms with Crippen molar-refractivity contribution in [1.82, 2.24) is 4.98 Å². The smallest absolute Gasteiger partial charge is 0.414 e. The van der Waals surface area contributed by atoms with Crippen LogP contribution in [0.15, 0.2) is 48.8 Å². The van der Waals surface area contributed by atoms with Crippen molar-refractivity contribution in [3.05, 3.63) is 54.4 Å². The average molecular weight is 318 g/mol. The molecule has 0 fully saturated rings. The molecule has 1 aromatic carbocycles. The number of hydrogen-bond acceptors (Lipinski definition) is 5. The van der Waals surface area contributed by atoms with Crippen LogP contribution in [0, 0.1) is 0 Å². The van der Waals surface area contributed by atoms with Crippen molar-refractivity contribution >= 4 is 17.6 Å². The van der Waals surface area contributed by atoms with Crippen molar-refractivity contribution in [2.24, 2.45) is 0 Å². The number of anilines is 1. The van der Waals surface area contributed by atoms with Gasteiger partial charge in [0.2, 0.25) is 0 Å². The molecule has 0 unspecified atom stereocenters. The van der Waals surface area contributed by atoms with Crippen molar-refractivity contribution in [1.29, 1.82) is 0 Å². The molecule has 0 saturated carbocycles. The summed E-state index contributed by atoms with van der Waals surface area (Å²) in [4.78, 5) is 22.3. The first-order valence-electron chi connectivity index (χ1n) is 6.84. The quantitative estimate of drug-likeness (QED) is 0.725. The highest BCUT2D eigenvalue weighted by Crippen LogP contribution is 2.16. The third-order valence-electron chi connectivity index (χ3n) is 2.57. The zero-order valence-corrected chi connectivity index (χ0v) is 12.6. The minimum atomic E-state index is -1.82. The van der Waals surface area contributed by atoms with Gasteiger partial charge in [-0.25, -0.2) is 9.59 Å². The highest BCUT2D eigenvalue weighted by Gasteiger charge is 2.04. The van der Waals surface area contributed by atoms with E-state index in [9.17, 15) is 0 Å². The second kappa shape index (κ2) is 9.78. The molecule has 0 aliphatic heterocycles. The summed E-state index contributed by atoms with van der Waals surface area (Å²) >= 11 is 0.